The summed E-state index contributed by atoms with van der Waals surface area (Å²) in [6.45, 7) is 3.70. The quantitative estimate of drug-likeness (QED) is 0.336. The molecule has 1 rings (SSSR count). The molecule has 6 heteroatoms. The second kappa shape index (κ2) is 7.13. The highest BCUT2D eigenvalue weighted by Gasteiger charge is 2.22. The fourth-order valence-electron chi connectivity index (χ4n) is 1.77. The monoisotopic (exact) mass is 327 g/mol. The van der Waals surface area contributed by atoms with Crippen LogP contribution in [0.3, 0.4) is 0 Å². The molecule has 0 saturated heterocycles. The van der Waals surface area contributed by atoms with Gasteiger partial charge in [-0.2, -0.15) is 0 Å². The van der Waals surface area contributed by atoms with E-state index in [1.54, 1.807) is 0 Å². The van der Waals surface area contributed by atoms with Crippen molar-refractivity contribution in [3.05, 3.63) is 34.3 Å². The Morgan fingerprint density at radius 2 is 2.26 bits per heavy atom. The van der Waals surface area contributed by atoms with Gasteiger partial charge in [0.15, 0.2) is 5.84 Å². The second-order valence-corrected chi connectivity index (χ2v) is 5.19. The molecule has 0 fully saturated rings. The van der Waals surface area contributed by atoms with Crippen molar-refractivity contribution in [2.45, 2.75) is 26.3 Å². The Bertz CT molecular complexity index is 477. The van der Waals surface area contributed by atoms with Crippen LogP contribution in [-0.2, 0) is 4.79 Å². The number of nitrogens with one attached hydrogen (secondary N) is 1. The molecule has 0 aromatic heterocycles. The van der Waals surface area contributed by atoms with E-state index in [0.29, 0.717) is 6.42 Å². The largest absolute Gasteiger partial charge is 0.409 e. The number of carbonyl (C=O) groups excluding carboxylic acids is 1. The summed E-state index contributed by atoms with van der Waals surface area (Å²) in [5, 5.41) is 14.4. The van der Waals surface area contributed by atoms with Crippen LogP contribution in [0.5, 0.6) is 0 Å². The number of oxime groups is 1. The van der Waals surface area contributed by atoms with Gasteiger partial charge in [-0.05, 0) is 31.0 Å². The molecule has 4 N–H and O–H groups in total. The van der Waals surface area contributed by atoms with Crippen LogP contribution in [0.2, 0.25) is 0 Å². The fraction of sp³-hybridized carbons (Fsp3) is 0.385. The number of hydrogen-bond acceptors (Lipinski definition) is 3. The molecule has 2 unspecified atom stereocenters. The lowest BCUT2D eigenvalue weighted by molar-refractivity contribution is -0.123. The molecule has 1 amide bonds. The molecule has 19 heavy (non-hydrogen) atoms. The van der Waals surface area contributed by atoms with Crippen molar-refractivity contribution in [1.29, 1.82) is 0 Å². The predicted molar refractivity (Wildman–Crippen MR) is 77.9 cm³/mol. The van der Waals surface area contributed by atoms with E-state index in [1.165, 1.54) is 0 Å². The number of rotatable bonds is 5. The van der Waals surface area contributed by atoms with Crippen molar-refractivity contribution in [1.82, 2.24) is 5.32 Å². The SMILES string of the molecule is CCC(C(=O)NC(C)c1cccc(Br)c1)C(N)=NO. The van der Waals surface area contributed by atoms with E-state index >= 15 is 0 Å². The molecule has 5 nitrogen and oxygen atoms in total. The number of halogens is 1. The van der Waals surface area contributed by atoms with E-state index in [1.807, 2.05) is 38.1 Å². The molecule has 0 radical (unpaired) electrons. The number of benzene rings is 1. The Balaban J connectivity index is 2.76. The van der Waals surface area contributed by atoms with Gasteiger partial charge in [0.2, 0.25) is 5.91 Å². The number of nitrogens with zero attached hydrogens (tertiary/aromatic N) is 1. The Kier molecular flexibility index (Phi) is 5.82. The minimum absolute atomic E-state index is 0.0681. The number of amidine groups is 1. The summed E-state index contributed by atoms with van der Waals surface area (Å²) in [5.41, 5.74) is 6.48. The van der Waals surface area contributed by atoms with Crippen LogP contribution in [0, 0.1) is 5.92 Å². The zero-order valence-corrected chi connectivity index (χ0v) is 12.5. The van der Waals surface area contributed by atoms with E-state index in [2.05, 4.69) is 26.4 Å². The van der Waals surface area contributed by atoms with Crippen LogP contribution < -0.4 is 11.1 Å². The molecule has 0 aliphatic carbocycles. The lowest BCUT2D eigenvalue weighted by Crippen LogP contribution is -2.39. The number of amides is 1. The second-order valence-electron chi connectivity index (χ2n) is 4.27. The van der Waals surface area contributed by atoms with Crippen molar-refractivity contribution >= 4 is 27.7 Å². The third-order valence-electron chi connectivity index (χ3n) is 2.90. The molecular weight excluding hydrogens is 310 g/mol. The third kappa shape index (κ3) is 4.24. The standard InChI is InChI=1S/C13H18BrN3O2/c1-3-11(12(15)17-19)13(18)16-8(2)9-5-4-6-10(14)7-9/h4-8,11,19H,3H2,1-2H3,(H2,15,17)(H,16,18). The van der Waals surface area contributed by atoms with E-state index in [9.17, 15) is 4.79 Å². The van der Waals surface area contributed by atoms with Gasteiger partial charge in [0, 0.05) is 4.47 Å². The molecule has 0 aliphatic rings. The first-order valence-corrected chi connectivity index (χ1v) is 6.82. The Hall–Kier alpha value is -1.56. The van der Waals surface area contributed by atoms with Gasteiger partial charge in [0.1, 0.15) is 0 Å². The molecule has 0 heterocycles. The highest BCUT2D eigenvalue weighted by Crippen LogP contribution is 2.18. The zero-order chi connectivity index (χ0) is 14.4. The lowest BCUT2D eigenvalue weighted by Gasteiger charge is -2.19. The molecule has 0 saturated carbocycles. The molecular formula is C13H18BrN3O2. The molecule has 0 bridgehead atoms. The average Bonchev–Trinajstić information content (AvgIpc) is 2.39. The van der Waals surface area contributed by atoms with Crippen LogP contribution in [0.4, 0.5) is 0 Å². The Morgan fingerprint density at radius 1 is 1.58 bits per heavy atom. The minimum Gasteiger partial charge on any atom is -0.409 e. The van der Waals surface area contributed by atoms with Crippen molar-refractivity contribution in [3.8, 4) is 0 Å². The first-order chi connectivity index (χ1) is 8.99. The summed E-state index contributed by atoms with van der Waals surface area (Å²) in [7, 11) is 0. The summed E-state index contributed by atoms with van der Waals surface area (Å²) in [4.78, 5) is 12.0. The summed E-state index contributed by atoms with van der Waals surface area (Å²) < 4.78 is 0.953. The smallest absolute Gasteiger partial charge is 0.231 e. The molecule has 104 valence electrons. The molecule has 1 aromatic carbocycles. The van der Waals surface area contributed by atoms with Gasteiger partial charge in [-0.3, -0.25) is 4.79 Å². The summed E-state index contributed by atoms with van der Waals surface area (Å²) in [6, 6.07) is 7.55. The summed E-state index contributed by atoms with van der Waals surface area (Å²) in [6.07, 6.45) is 0.479. The van der Waals surface area contributed by atoms with Gasteiger partial charge in [-0.25, -0.2) is 0 Å². The van der Waals surface area contributed by atoms with Gasteiger partial charge in [-0.1, -0.05) is 40.1 Å². The maximum Gasteiger partial charge on any atom is 0.231 e. The summed E-state index contributed by atoms with van der Waals surface area (Å²) in [5.74, 6) is -0.925. The minimum atomic E-state index is -0.611. The first kappa shape index (κ1) is 15.5. The van der Waals surface area contributed by atoms with Crippen molar-refractivity contribution in [2.24, 2.45) is 16.8 Å². The van der Waals surface area contributed by atoms with E-state index in [-0.39, 0.29) is 17.8 Å². The van der Waals surface area contributed by atoms with Crippen LogP contribution in [0.15, 0.2) is 33.9 Å². The van der Waals surface area contributed by atoms with Crippen molar-refractivity contribution in [2.75, 3.05) is 0 Å². The molecule has 1 aromatic rings. The van der Waals surface area contributed by atoms with Gasteiger partial charge in [-0.15, -0.1) is 0 Å². The van der Waals surface area contributed by atoms with Gasteiger partial charge in [0.25, 0.3) is 0 Å². The van der Waals surface area contributed by atoms with Crippen LogP contribution in [0.1, 0.15) is 31.9 Å². The fourth-order valence-corrected chi connectivity index (χ4v) is 2.19. The maximum absolute atomic E-state index is 12.0. The zero-order valence-electron chi connectivity index (χ0n) is 10.9. The average molecular weight is 328 g/mol. The molecule has 0 spiro atoms. The van der Waals surface area contributed by atoms with Crippen LogP contribution in [-0.4, -0.2) is 17.0 Å². The first-order valence-electron chi connectivity index (χ1n) is 6.02. The Morgan fingerprint density at radius 3 is 2.79 bits per heavy atom. The molecule has 2 atom stereocenters. The maximum atomic E-state index is 12.0. The number of hydrogen-bond donors (Lipinski definition) is 3. The number of carbonyl (C=O) groups is 1. The van der Waals surface area contributed by atoms with E-state index in [4.69, 9.17) is 10.9 Å². The van der Waals surface area contributed by atoms with Gasteiger partial charge >= 0.3 is 0 Å². The molecule has 0 aliphatic heterocycles. The van der Waals surface area contributed by atoms with Crippen LogP contribution in [0.25, 0.3) is 0 Å². The summed E-state index contributed by atoms with van der Waals surface area (Å²) >= 11 is 3.39. The van der Waals surface area contributed by atoms with E-state index in [0.717, 1.165) is 10.0 Å². The highest BCUT2D eigenvalue weighted by molar-refractivity contribution is 9.10. The Labute approximate surface area is 121 Å². The van der Waals surface area contributed by atoms with Gasteiger partial charge < -0.3 is 16.3 Å². The van der Waals surface area contributed by atoms with Crippen molar-refractivity contribution < 1.29 is 10.0 Å². The van der Waals surface area contributed by atoms with Gasteiger partial charge in [0.05, 0.1) is 12.0 Å². The predicted octanol–water partition coefficient (Wildman–Crippen LogP) is 2.40. The lowest BCUT2D eigenvalue weighted by atomic mass is 10.0. The highest BCUT2D eigenvalue weighted by atomic mass is 79.9. The van der Waals surface area contributed by atoms with E-state index < -0.39 is 5.92 Å². The normalized spacial score (nSPS) is 14.8. The van der Waals surface area contributed by atoms with Crippen molar-refractivity contribution in [3.63, 3.8) is 0 Å². The topological polar surface area (TPSA) is 87.7 Å². The number of nitrogens with two attached hydrogens (primary N) is 1. The van der Waals surface area contributed by atoms with Crippen LogP contribution >= 0.6 is 15.9 Å². The third-order valence-corrected chi connectivity index (χ3v) is 3.40.